The maximum absolute atomic E-state index is 2.63. The molecule has 2 aliphatic heterocycles. The van der Waals surface area contributed by atoms with E-state index in [2.05, 4.69) is 58.7 Å². The van der Waals surface area contributed by atoms with Crippen LogP contribution in [-0.2, 0) is 4.75 Å². The summed E-state index contributed by atoms with van der Waals surface area (Å²) < 4.78 is 0.247. The maximum atomic E-state index is 2.63. The molecule has 0 aromatic heterocycles. The molecule has 0 saturated carbocycles. The third-order valence-corrected chi connectivity index (χ3v) is 5.52. The topological polar surface area (TPSA) is 6.48 Å². The van der Waals surface area contributed by atoms with Crippen molar-refractivity contribution in [3.63, 3.8) is 0 Å². The summed E-state index contributed by atoms with van der Waals surface area (Å²) in [6, 6.07) is 11.0. The molecule has 2 aliphatic rings. The van der Waals surface area contributed by atoms with Gasteiger partial charge < -0.3 is 4.90 Å². The Labute approximate surface area is 120 Å². The van der Waals surface area contributed by atoms with Crippen molar-refractivity contribution >= 4 is 11.8 Å². The van der Waals surface area contributed by atoms with E-state index in [9.17, 15) is 0 Å². The predicted octanol–water partition coefficient (Wildman–Crippen LogP) is 2.78. The van der Waals surface area contributed by atoms with Crippen LogP contribution in [0.25, 0.3) is 0 Å². The molecule has 1 saturated heterocycles. The van der Waals surface area contributed by atoms with Gasteiger partial charge >= 0.3 is 0 Å². The quantitative estimate of drug-likeness (QED) is 0.837. The van der Waals surface area contributed by atoms with Crippen molar-refractivity contribution in [2.75, 3.05) is 39.8 Å². The fraction of sp³-hybridized carbons (Fsp3) is 0.500. The van der Waals surface area contributed by atoms with Crippen molar-refractivity contribution in [2.24, 2.45) is 0 Å². The van der Waals surface area contributed by atoms with Gasteiger partial charge in [-0.1, -0.05) is 36.4 Å². The summed E-state index contributed by atoms with van der Waals surface area (Å²) >= 11 is 2.00. The lowest BCUT2D eigenvalue weighted by Crippen LogP contribution is -2.48. The maximum Gasteiger partial charge on any atom is 0.0610 e. The van der Waals surface area contributed by atoms with Crippen molar-refractivity contribution in [1.29, 1.82) is 0 Å². The van der Waals surface area contributed by atoms with Crippen molar-refractivity contribution in [3.05, 3.63) is 47.4 Å². The Morgan fingerprint density at radius 3 is 2.47 bits per heavy atom. The van der Waals surface area contributed by atoms with Crippen LogP contribution < -0.4 is 0 Å². The lowest BCUT2D eigenvalue weighted by molar-refractivity contribution is 0.143. The average molecular weight is 274 g/mol. The second kappa shape index (κ2) is 5.70. The zero-order valence-corrected chi connectivity index (χ0v) is 12.4. The first-order valence-corrected chi connectivity index (χ1v) is 7.96. The first-order chi connectivity index (χ1) is 9.28. The smallest absolute Gasteiger partial charge is 0.0610 e. The minimum Gasteiger partial charge on any atom is -0.304 e. The van der Waals surface area contributed by atoms with Gasteiger partial charge in [0.05, 0.1) is 4.75 Å². The van der Waals surface area contributed by atoms with E-state index < -0.39 is 0 Å². The van der Waals surface area contributed by atoms with E-state index in [0.29, 0.717) is 0 Å². The SMILES string of the molecule is CN1CCN(C[C@@]2(c3ccccc3)CC=CS2)CC1. The monoisotopic (exact) mass is 274 g/mol. The van der Waals surface area contributed by atoms with Gasteiger partial charge in [0.1, 0.15) is 0 Å². The van der Waals surface area contributed by atoms with Gasteiger partial charge in [0.25, 0.3) is 0 Å². The number of hydrogen-bond donors (Lipinski definition) is 0. The van der Waals surface area contributed by atoms with E-state index in [1.807, 2.05) is 11.8 Å². The Morgan fingerprint density at radius 2 is 1.84 bits per heavy atom. The van der Waals surface area contributed by atoms with E-state index in [0.717, 1.165) is 6.42 Å². The normalized spacial score (nSPS) is 28.9. The molecule has 3 rings (SSSR count). The minimum atomic E-state index is 0.247. The lowest BCUT2D eigenvalue weighted by Gasteiger charge is -2.39. The predicted molar refractivity (Wildman–Crippen MR) is 83.4 cm³/mol. The Kier molecular flexibility index (Phi) is 3.96. The van der Waals surface area contributed by atoms with Crippen molar-refractivity contribution in [1.82, 2.24) is 9.80 Å². The fourth-order valence-electron chi connectivity index (χ4n) is 2.95. The Bertz CT molecular complexity index is 427. The standard InChI is InChI=1S/C16H22N2S/c1-17-9-11-18(12-10-17)14-16(8-5-13-19-16)15-6-3-2-4-7-15/h2-7,13H,8-12,14H2,1H3/t16-/m1/s1. The van der Waals surface area contributed by atoms with E-state index in [-0.39, 0.29) is 4.75 Å². The summed E-state index contributed by atoms with van der Waals surface area (Å²) in [5.74, 6) is 0. The molecule has 0 amide bonds. The van der Waals surface area contributed by atoms with Gasteiger partial charge in [-0.25, -0.2) is 0 Å². The van der Waals surface area contributed by atoms with Gasteiger partial charge in [0, 0.05) is 32.7 Å². The van der Waals surface area contributed by atoms with Gasteiger partial charge in [-0.3, -0.25) is 4.90 Å². The molecule has 3 heteroatoms. The van der Waals surface area contributed by atoms with E-state index >= 15 is 0 Å². The number of benzene rings is 1. The third-order valence-electron chi connectivity index (χ3n) is 4.21. The molecule has 1 aromatic carbocycles. The zero-order valence-electron chi connectivity index (χ0n) is 11.6. The van der Waals surface area contributed by atoms with Crippen LogP contribution in [0.5, 0.6) is 0 Å². The van der Waals surface area contributed by atoms with Crippen LogP contribution in [0.3, 0.4) is 0 Å². The number of rotatable bonds is 3. The van der Waals surface area contributed by atoms with E-state index in [4.69, 9.17) is 0 Å². The fourth-order valence-corrected chi connectivity index (χ4v) is 4.13. The molecule has 2 nitrogen and oxygen atoms in total. The molecule has 0 radical (unpaired) electrons. The summed E-state index contributed by atoms with van der Waals surface area (Å²) in [4.78, 5) is 5.05. The van der Waals surface area contributed by atoms with Crippen LogP contribution in [-0.4, -0.2) is 49.6 Å². The summed E-state index contributed by atoms with van der Waals surface area (Å²) in [5.41, 5.74) is 1.48. The van der Waals surface area contributed by atoms with Gasteiger partial charge in [-0.05, 0) is 24.4 Å². The van der Waals surface area contributed by atoms with Gasteiger partial charge in [0.2, 0.25) is 0 Å². The van der Waals surface area contributed by atoms with Gasteiger partial charge in [-0.2, -0.15) is 0 Å². The number of piperazine rings is 1. The molecule has 2 heterocycles. The van der Waals surface area contributed by atoms with Crippen molar-refractivity contribution in [2.45, 2.75) is 11.2 Å². The van der Waals surface area contributed by atoms with Crippen molar-refractivity contribution in [3.8, 4) is 0 Å². The summed E-state index contributed by atoms with van der Waals surface area (Å²) in [5, 5.41) is 2.28. The largest absolute Gasteiger partial charge is 0.304 e. The minimum absolute atomic E-state index is 0.247. The summed E-state index contributed by atoms with van der Waals surface area (Å²) in [6.07, 6.45) is 3.49. The number of hydrogen-bond acceptors (Lipinski definition) is 3. The van der Waals surface area contributed by atoms with Crippen molar-refractivity contribution < 1.29 is 0 Å². The highest BCUT2D eigenvalue weighted by molar-refractivity contribution is 8.03. The molecule has 1 fully saturated rings. The van der Waals surface area contributed by atoms with Crippen LogP contribution >= 0.6 is 11.8 Å². The highest BCUT2D eigenvalue weighted by Gasteiger charge is 2.36. The van der Waals surface area contributed by atoms with Crippen LogP contribution in [0.1, 0.15) is 12.0 Å². The van der Waals surface area contributed by atoms with Crippen LogP contribution in [0.15, 0.2) is 41.8 Å². The number of likely N-dealkylation sites (N-methyl/N-ethyl adjacent to an activating group) is 1. The molecular formula is C16H22N2S. The molecule has 19 heavy (non-hydrogen) atoms. The number of allylic oxidation sites excluding steroid dienone is 1. The first-order valence-electron chi connectivity index (χ1n) is 7.08. The van der Waals surface area contributed by atoms with Gasteiger partial charge in [-0.15, -0.1) is 11.8 Å². The molecule has 102 valence electrons. The second-order valence-electron chi connectivity index (χ2n) is 5.63. The van der Waals surface area contributed by atoms with E-state index in [1.165, 1.54) is 38.3 Å². The molecule has 0 aliphatic carbocycles. The lowest BCUT2D eigenvalue weighted by atomic mass is 9.94. The Hall–Kier alpha value is -0.770. The van der Waals surface area contributed by atoms with Crippen LogP contribution in [0.2, 0.25) is 0 Å². The average Bonchev–Trinajstić information content (AvgIpc) is 2.92. The first kappa shape index (κ1) is 13.2. The molecule has 1 atom stereocenters. The highest BCUT2D eigenvalue weighted by atomic mass is 32.2. The highest BCUT2D eigenvalue weighted by Crippen LogP contribution is 2.45. The molecule has 0 unspecified atom stereocenters. The second-order valence-corrected chi connectivity index (χ2v) is 6.92. The molecule has 0 spiro atoms. The number of nitrogens with zero attached hydrogens (tertiary/aromatic N) is 2. The zero-order chi connectivity index (χ0) is 13.1. The third kappa shape index (κ3) is 2.88. The Balaban J connectivity index is 1.75. The molecular weight excluding hydrogens is 252 g/mol. The molecule has 0 N–H and O–H groups in total. The Morgan fingerprint density at radius 1 is 1.11 bits per heavy atom. The van der Waals surface area contributed by atoms with Crippen LogP contribution in [0, 0.1) is 0 Å². The molecule has 0 bridgehead atoms. The summed E-state index contributed by atoms with van der Waals surface area (Å²) in [7, 11) is 2.22. The van der Waals surface area contributed by atoms with E-state index in [1.54, 1.807) is 0 Å². The number of thioether (sulfide) groups is 1. The molecule has 1 aromatic rings. The van der Waals surface area contributed by atoms with Gasteiger partial charge in [0.15, 0.2) is 0 Å². The van der Waals surface area contributed by atoms with Crippen LogP contribution in [0.4, 0.5) is 0 Å². The summed E-state index contributed by atoms with van der Waals surface area (Å²) in [6.45, 7) is 5.96.